The molecule has 1 fully saturated rings. The lowest BCUT2D eigenvalue weighted by atomic mass is 10.2. The van der Waals surface area contributed by atoms with Crippen molar-refractivity contribution in [3.05, 3.63) is 10.6 Å². The number of nitrogens with zero attached hydrogens (tertiary/aromatic N) is 2. The average Bonchev–Trinajstić information content (AvgIpc) is 2.74. The van der Waals surface area contributed by atoms with Gasteiger partial charge in [-0.3, -0.25) is 0 Å². The van der Waals surface area contributed by atoms with Crippen LogP contribution in [0.25, 0.3) is 0 Å². The molecule has 2 heterocycles. The smallest absolute Gasteiger partial charge is 0.185 e. The van der Waals surface area contributed by atoms with Gasteiger partial charge >= 0.3 is 0 Å². The van der Waals surface area contributed by atoms with E-state index in [-0.39, 0.29) is 0 Å². The molecule has 1 saturated heterocycles. The molecule has 0 spiro atoms. The van der Waals surface area contributed by atoms with E-state index in [0.29, 0.717) is 0 Å². The maximum absolute atomic E-state index is 4.81. The predicted molar refractivity (Wildman–Crippen MR) is 70.6 cm³/mol. The summed E-state index contributed by atoms with van der Waals surface area (Å²) in [5.74, 6) is 0. The molecule has 4 heteroatoms. The van der Waals surface area contributed by atoms with Gasteiger partial charge in [-0.15, -0.1) is 11.3 Å². The van der Waals surface area contributed by atoms with E-state index in [0.717, 1.165) is 39.0 Å². The summed E-state index contributed by atoms with van der Waals surface area (Å²) in [6, 6.07) is 0. The molecule has 0 aliphatic carbocycles. The first-order chi connectivity index (χ1) is 7.85. The molecule has 90 valence electrons. The lowest BCUT2D eigenvalue weighted by Crippen LogP contribution is -2.43. The summed E-state index contributed by atoms with van der Waals surface area (Å²) in [5, 5.41) is 4.62. The lowest BCUT2D eigenvalue weighted by Gasteiger charge is -2.26. The van der Waals surface area contributed by atoms with Crippen LogP contribution in [-0.2, 0) is 12.8 Å². The van der Waals surface area contributed by atoms with Crippen LogP contribution in [0.2, 0.25) is 0 Å². The van der Waals surface area contributed by atoms with E-state index in [1.54, 1.807) is 0 Å². The third-order valence-corrected chi connectivity index (χ3v) is 4.27. The van der Waals surface area contributed by atoms with Gasteiger partial charge in [0.1, 0.15) is 0 Å². The number of aryl methyl sites for hydroxylation is 2. The lowest BCUT2D eigenvalue weighted by molar-refractivity contribution is 0.588. The van der Waals surface area contributed by atoms with E-state index in [1.807, 2.05) is 11.3 Å². The first kappa shape index (κ1) is 11.9. The van der Waals surface area contributed by atoms with Crippen LogP contribution in [0, 0.1) is 0 Å². The summed E-state index contributed by atoms with van der Waals surface area (Å²) < 4.78 is 0. The van der Waals surface area contributed by atoms with Crippen LogP contribution in [0.4, 0.5) is 5.13 Å². The van der Waals surface area contributed by atoms with E-state index < -0.39 is 0 Å². The fraction of sp³-hybridized carbons (Fsp3) is 0.750. The Balaban J connectivity index is 2.14. The molecule has 1 aromatic rings. The monoisotopic (exact) mass is 239 g/mol. The predicted octanol–water partition coefficient (Wildman–Crippen LogP) is 2.07. The summed E-state index contributed by atoms with van der Waals surface area (Å²) in [7, 11) is 0. The van der Waals surface area contributed by atoms with Crippen molar-refractivity contribution < 1.29 is 0 Å². The van der Waals surface area contributed by atoms with Crippen LogP contribution in [0.5, 0.6) is 0 Å². The van der Waals surface area contributed by atoms with Gasteiger partial charge in [-0.05, 0) is 12.8 Å². The Kier molecular flexibility index (Phi) is 4.18. The third-order valence-electron chi connectivity index (χ3n) is 2.96. The second-order valence-corrected chi connectivity index (χ2v) is 5.27. The molecule has 1 aromatic heterocycles. The molecular weight excluding hydrogens is 218 g/mol. The summed E-state index contributed by atoms with van der Waals surface area (Å²) in [4.78, 5) is 8.71. The first-order valence-corrected chi connectivity index (χ1v) is 7.11. The molecule has 1 N–H and O–H groups in total. The molecule has 2 rings (SSSR count). The van der Waals surface area contributed by atoms with Crippen LogP contribution in [-0.4, -0.2) is 31.2 Å². The number of piperazine rings is 1. The normalized spacial score (nSPS) is 16.8. The van der Waals surface area contributed by atoms with Crippen LogP contribution in [0.15, 0.2) is 0 Å². The summed E-state index contributed by atoms with van der Waals surface area (Å²) in [6.45, 7) is 8.83. The largest absolute Gasteiger partial charge is 0.346 e. The highest BCUT2D eigenvalue weighted by molar-refractivity contribution is 7.15. The fourth-order valence-electron chi connectivity index (χ4n) is 2.07. The van der Waals surface area contributed by atoms with Crippen molar-refractivity contribution in [1.82, 2.24) is 10.3 Å². The molecule has 0 bridgehead atoms. The molecule has 0 saturated carbocycles. The maximum Gasteiger partial charge on any atom is 0.185 e. The summed E-state index contributed by atoms with van der Waals surface area (Å²) in [5.41, 5.74) is 1.34. The standard InChI is InChI=1S/C12H21N3S/c1-3-5-10-11(4-2)16-12(14-10)15-8-6-13-7-9-15/h13H,3-9H2,1-2H3. The molecule has 0 amide bonds. The molecule has 0 radical (unpaired) electrons. The highest BCUT2D eigenvalue weighted by atomic mass is 32.1. The Labute approximate surface area is 102 Å². The van der Waals surface area contributed by atoms with Gasteiger partial charge < -0.3 is 10.2 Å². The Hall–Kier alpha value is -0.610. The van der Waals surface area contributed by atoms with Crippen molar-refractivity contribution in [3.8, 4) is 0 Å². The van der Waals surface area contributed by atoms with Gasteiger partial charge in [0, 0.05) is 31.1 Å². The first-order valence-electron chi connectivity index (χ1n) is 6.29. The summed E-state index contributed by atoms with van der Waals surface area (Å²) in [6.07, 6.45) is 3.45. The van der Waals surface area contributed by atoms with Crippen molar-refractivity contribution in [2.24, 2.45) is 0 Å². The van der Waals surface area contributed by atoms with E-state index in [2.05, 4.69) is 24.1 Å². The SMILES string of the molecule is CCCc1nc(N2CCNCC2)sc1CC. The van der Waals surface area contributed by atoms with Crippen molar-refractivity contribution >= 4 is 16.5 Å². The van der Waals surface area contributed by atoms with Gasteiger partial charge in [0.25, 0.3) is 0 Å². The number of thiazole rings is 1. The van der Waals surface area contributed by atoms with Crippen molar-refractivity contribution in [2.75, 3.05) is 31.1 Å². The highest BCUT2D eigenvalue weighted by Gasteiger charge is 2.16. The Morgan fingerprint density at radius 2 is 2.06 bits per heavy atom. The number of nitrogens with one attached hydrogen (secondary N) is 1. The molecule has 16 heavy (non-hydrogen) atoms. The van der Waals surface area contributed by atoms with Crippen molar-refractivity contribution in [3.63, 3.8) is 0 Å². The zero-order valence-electron chi connectivity index (χ0n) is 10.3. The van der Waals surface area contributed by atoms with Gasteiger partial charge in [-0.1, -0.05) is 20.3 Å². The van der Waals surface area contributed by atoms with Crippen molar-refractivity contribution in [1.29, 1.82) is 0 Å². The van der Waals surface area contributed by atoms with E-state index in [1.165, 1.54) is 22.1 Å². The summed E-state index contributed by atoms with van der Waals surface area (Å²) >= 11 is 1.89. The minimum absolute atomic E-state index is 1.09. The van der Waals surface area contributed by atoms with Gasteiger partial charge in [0.15, 0.2) is 5.13 Å². The minimum atomic E-state index is 1.09. The zero-order chi connectivity index (χ0) is 11.4. The van der Waals surface area contributed by atoms with Gasteiger partial charge in [0.05, 0.1) is 5.69 Å². The third kappa shape index (κ3) is 2.55. The highest BCUT2D eigenvalue weighted by Crippen LogP contribution is 2.27. The average molecular weight is 239 g/mol. The Morgan fingerprint density at radius 3 is 2.69 bits per heavy atom. The number of aromatic nitrogens is 1. The van der Waals surface area contributed by atoms with Crippen LogP contribution >= 0.6 is 11.3 Å². The van der Waals surface area contributed by atoms with E-state index in [4.69, 9.17) is 4.98 Å². The molecule has 0 atom stereocenters. The van der Waals surface area contributed by atoms with Gasteiger partial charge in [0.2, 0.25) is 0 Å². The molecule has 1 aliphatic heterocycles. The zero-order valence-corrected chi connectivity index (χ0v) is 11.1. The quantitative estimate of drug-likeness (QED) is 0.872. The topological polar surface area (TPSA) is 28.2 Å². The van der Waals surface area contributed by atoms with Gasteiger partial charge in [-0.2, -0.15) is 0 Å². The second-order valence-electron chi connectivity index (χ2n) is 4.21. The Morgan fingerprint density at radius 1 is 1.31 bits per heavy atom. The number of hydrogen-bond donors (Lipinski definition) is 1. The molecular formula is C12H21N3S. The molecule has 0 aromatic carbocycles. The number of rotatable bonds is 4. The van der Waals surface area contributed by atoms with Crippen LogP contribution in [0.1, 0.15) is 30.8 Å². The minimum Gasteiger partial charge on any atom is -0.346 e. The van der Waals surface area contributed by atoms with Crippen LogP contribution < -0.4 is 10.2 Å². The Bertz CT molecular complexity index is 329. The van der Waals surface area contributed by atoms with Gasteiger partial charge in [-0.25, -0.2) is 4.98 Å². The number of hydrogen-bond acceptors (Lipinski definition) is 4. The second kappa shape index (κ2) is 5.64. The number of anilines is 1. The van der Waals surface area contributed by atoms with Crippen molar-refractivity contribution in [2.45, 2.75) is 33.1 Å². The van der Waals surface area contributed by atoms with Crippen LogP contribution in [0.3, 0.4) is 0 Å². The van der Waals surface area contributed by atoms with E-state index in [9.17, 15) is 0 Å². The molecule has 3 nitrogen and oxygen atoms in total. The fourth-order valence-corrected chi connectivity index (χ4v) is 3.17. The van der Waals surface area contributed by atoms with E-state index >= 15 is 0 Å². The maximum atomic E-state index is 4.81. The molecule has 1 aliphatic rings. The molecule has 0 unspecified atom stereocenters.